The molecular weight excluding hydrogens is 1520 g/mol. The Balaban J connectivity index is 1.16. The summed E-state index contributed by atoms with van der Waals surface area (Å²) in [6.07, 6.45) is 17.6. The predicted molar refractivity (Wildman–Crippen MR) is 473 cm³/mol. The summed E-state index contributed by atoms with van der Waals surface area (Å²) < 4.78 is 18.9. The van der Waals surface area contributed by atoms with E-state index in [1.165, 1.54) is 232 Å². The molecule has 7 aliphatic heterocycles. The van der Waals surface area contributed by atoms with E-state index in [2.05, 4.69) is 359 Å². The lowest BCUT2D eigenvalue weighted by Crippen LogP contribution is -2.63. The summed E-state index contributed by atoms with van der Waals surface area (Å²) >= 11 is 35.9. The molecule has 0 aromatic carbocycles. The first-order chi connectivity index (χ1) is 45.9. The van der Waals surface area contributed by atoms with Gasteiger partial charge in [-0.3, -0.25) is 0 Å². The maximum absolute atomic E-state index is 4.51. The van der Waals surface area contributed by atoms with Crippen molar-refractivity contribution in [2.75, 3.05) is 64.9 Å². The quantitative estimate of drug-likeness (QED) is 0.0512. The number of fused-ring (bicyclic) bond motifs is 15. The largest absolute Gasteiger partial charge is 0.359 e. The molecule has 0 saturated heterocycles. The molecule has 0 radical (unpaired) electrons. The maximum atomic E-state index is 4.51. The zero-order valence-corrected chi connectivity index (χ0v) is 76.2. The third-order valence-corrected chi connectivity index (χ3v) is 59.9. The Bertz CT molecular complexity index is 3470. The Morgan fingerprint density at radius 1 is 0.323 bits per heavy atom. The zero-order chi connectivity index (χ0) is 69.3. The first-order valence-corrected chi connectivity index (χ1v) is 54.0. The summed E-state index contributed by atoms with van der Waals surface area (Å²) in [7, 11) is -3.15. The number of aromatic nitrogens is 3. The van der Waals surface area contributed by atoms with Crippen LogP contribution in [0.25, 0.3) is 0 Å². The molecule has 6 bridgehead atoms. The van der Waals surface area contributed by atoms with E-state index in [4.69, 9.17) is 0 Å². The molecule has 22 heteroatoms. The Kier molecular flexibility index (Phi) is 28.0. The van der Waals surface area contributed by atoms with E-state index in [-0.39, 0.29) is 10.8 Å². The van der Waals surface area contributed by atoms with Gasteiger partial charge in [-0.2, -0.15) is 0 Å². The molecule has 0 aliphatic carbocycles. The van der Waals surface area contributed by atoms with E-state index < -0.39 is 19.1 Å². The Hall–Kier alpha value is 2.54. The van der Waals surface area contributed by atoms with Crippen LogP contribution in [0.15, 0.2) is 80.2 Å². The number of hydrogen-bond donors (Lipinski definition) is 4. The normalized spacial score (nSPS) is 21.6. The van der Waals surface area contributed by atoms with Gasteiger partial charge in [0.1, 0.15) is 0 Å². The first-order valence-electron chi connectivity index (χ1n) is 36.1. The number of aromatic amines is 3. The predicted octanol–water partition coefficient (Wildman–Crippen LogP) is 30.3. The molecule has 10 rings (SSSR count). The van der Waals surface area contributed by atoms with Gasteiger partial charge in [-0.1, -0.05) is 265 Å². The fraction of sp³-hybridized carbons (Fsp3) is 0.676. The number of rotatable bonds is 30. The van der Waals surface area contributed by atoms with E-state index in [1.54, 1.807) is 8.47 Å². The van der Waals surface area contributed by atoms with Gasteiger partial charge in [0.05, 0.1) is 46.6 Å². The summed E-state index contributed by atoms with van der Waals surface area (Å²) in [5.74, 6) is 11.4. The van der Waals surface area contributed by atoms with Crippen LogP contribution in [0.5, 0.6) is 0 Å². The fourth-order valence-corrected chi connectivity index (χ4v) is 59.2. The molecule has 4 nitrogen and oxygen atoms in total. The Morgan fingerprint density at radius 2 is 0.583 bits per heavy atom. The van der Waals surface area contributed by atoms with Crippen LogP contribution in [0.2, 0.25) is 0 Å². The van der Waals surface area contributed by atoms with Gasteiger partial charge in [0.2, 0.25) is 0 Å². The van der Waals surface area contributed by atoms with Crippen LogP contribution in [0.1, 0.15) is 263 Å². The van der Waals surface area contributed by atoms with Crippen molar-refractivity contribution >= 4 is 208 Å². The lowest BCUT2D eigenvalue weighted by atomic mass is 9.85. The third-order valence-electron chi connectivity index (χ3n) is 20.7. The van der Waals surface area contributed by atoms with Crippen LogP contribution in [0, 0.1) is 0 Å². The van der Waals surface area contributed by atoms with Crippen LogP contribution in [0.3, 0.4) is 0 Å². The highest BCUT2D eigenvalue weighted by Gasteiger charge is 2.73. The molecule has 0 fully saturated rings. The first kappa shape index (κ1) is 81.1. The molecule has 96 heavy (non-hydrogen) atoms. The van der Waals surface area contributed by atoms with Crippen molar-refractivity contribution in [3.63, 3.8) is 0 Å². The summed E-state index contributed by atoms with van der Waals surface area (Å²) in [4.78, 5) is 22.0. The zero-order valence-electron chi connectivity index (χ0n) is 61.5. The second-order valence-corrected chi connectivity index (χ2v) is 58.2. The maximum Gasteiger partial charge on any atom is 0.0717 e. The van der Waals surface area contributed by atoms with Crippen molar-refractivity contribution < 1.29 is 0 Å². The molecular formula is C74H114N4S18. The van der Waals surface area contributed by atoms with E-state index in [0.29, 0.717) is 4.75 Å². The highest BCUT2D eigenvalue weighted by molar-refractivity contribution is 8.73. The average Bonchev–Trinajstić information content (AvgIpc) is 0.832. The van der Waals surface area contributed by atoms with Crippen LogP contribution in [0.4, 0.5) is 0 Å². The van der Waals surface area contributed by atoms with Gasteiger partial charge in [-0.25, -0.2) is 8.29 Å². The van der Waals surface area contributed by atoms with Gasteiger partial charge in [0.25, 0.3) is 0 Å². The third kappa shape index (κ3) is 14.5. The second-order valence-electron chi connectivity index (χ2n) is 29.5. The highest BCUT2D eigenvalue weighted by Crippen LogP contribution is 3.05. The van der Waals surface area contributed by atoms with Gasteiger partial charge >= 0.3 is 0 Å². The molecule has 3 aromatic heterocycles. The van der Waals surface area contributed by atoms with Crippen molar-refractivity contribution in [2.45, 2.75) is 284 Å². The van der Waals surface area contributed by atoms with Crippen LogP contribution < -0.4 is 5.32 Å². The molecule has 0 spiro atoms. The molecule has 0 amide bonds. The molecule has 538 valence electrons. The van der Waals surface area contributed by atoms with E-state index in [0.717, 1.165) is 24.6 Å². The highest BCUT2D eigenvalue weighted by atomic mass is 32.4. The summed E-state index contributed by atoms with van der Waals surface area (Å²) in [5.41, 5.74) is 6.94. The van der Waals surface area contributed by atoms with Crippen LogP contribution in [-0.4, -0.2) is 84.6 Å². The summed E-state index contributed by atoms with van der Waals surface area (Å²) in [6, 6.07) is 0. The Morgan fingerprint density at radius 3 is 0.865 bits per heavy atom. The summed E-state index contributed by atoms with van der Waals surface area (Å²) in [5, 5.41) is 4.24. The van der Waals surface area contributed by atoms with Gasteiger partial charge in [-0.15, -0.1) is 58.8 Å². The SMILES string of the molecule is CCCSC1=C(SCCC)SC(=C2Sc3c4[nH]c(c3S2)C(C)(C)c2[nH]c(c3c2SC(=C2SC(SCCC)=C(SCCC)S2)S3)C(C)(C)c2[nH]c(c3c2S/C(=C2/SC(SCCC)=C(S(CCC)(CCC)(CCC)(CCC)C(CC)(CCC)CCC)S2)S3)C(C)(C)CNCC4(C)C)S1. The number of hydrogen-bond acceptors (Lipinski definition) is 18. The topological polar surface area (TPSA) is 59.4 Å². The standard InChI is InChI=1S/C74H114N4S18/c1-21-33-74(32-12,34-22-2)96(40-28-8,41-29-9,42-30-10,43-31-11)69-68(83-39-27-7)94-67(95-69)64-85-47-49(87-64)55-73(19,20)57-51-50(88-63(89-51)66-92-60(81-37-25-5)61(93-66)82-38-26-6)56(78-57)72(17,18)54-48-46(52(76-54)70(13,14)44-75-45-71(15,16)53(47)77-55)84-62(86-48)65-90-58(79-35-23-3)59(91-65)80-36-24-4/h75-78H,21-45H2,1-20H3/b67-64-. The lowest BCUT2D eigenvalue weighted by molar-refractivity contribution is 0.394. The van der Waals surface area contributed by atoms with Crippen molar-refractivity contribution in [1.29, 1.82) is 0 Å². The van der Waals surface area contributed by atoms with Crippen molar-refractivity contribution in [3.05, 3.63) is 85.0 Å². The number of thioether (sulfide) groups is 17. The minimum Gasteiger partial charge on any atom is -0.359 e. The minimum absolute atomic E-state index is 0.197. The lowest BCUT2D eigenvalue weighted by Gasteiger charge is -2.89. The molecule has 10 heterocycles. The van der Waals surface area contributed by atoms with Gasteiger partial charge in [0, 0.05) is 103 Å². The van der Waals surface area contributed by atoms with E-state index >= 15 is 0 Å². The van der Waals surface area contributed by atoms with Gasteiger partial charge in [0.15, 0.2) is 0 Å². The van der Waals surface area contributed by atoms with E-state index in [1.807, 2.05) is 4.24 Å². The Labute approximate surface area is 654 Å². The van der Waals surface area contributed by atoms with E-state index in [9.17, 15) is 0 Å². The number of H-pyrrole nitrogens is 3. The molecule has 0 atom stereocenters. The molecule has 3 aromatic rings. The molecule has 4 N–H and O–H groups in total. The van der Waals surface area contributed by atoms with Crippen molar-refractivity contribution in [2.24, 2.45) is 0 Å². The second kappa shape index (κ2) is 33.2. The summed E-state index contributed by atoms with van der Waals surface area (Å²) in [6.45, 7) is 51.7. The average molecular weight is 1640 g/mol. The van der Waals surface area contributed by atoms with Gasteiger partial charge < -0.3 is 20.3 Å². The molecule has 7 aliphatic rings. The molecule has 0 unspecified atom stereocenters. The molecule has 0 saturated carbocycles. The fourth-order valence-electron chi connectivity index (χ4n) is 16.7. The van der Waals surface area contributed by atoms with Crippen molar-refractivity contribution in [3.8, 4) is 0 Å². The smallest absolute Gasteiger partial charge is 0.0717 e. The minimum atomic E-state index is -3.15. The van der Waals surface area contributed by atoms with Crippen LogP contribution in [-0.2, 0) is 21.7 Å². The van der Waals surface area contributed by atoms with Crippen LogP contribution >= 0.6 is 208 Å². The van der Waals surface area contributed by atoms with Gasteiger partial charge in [-0.05, 0) is 161 Å². The monoisotopic (exact) mass is 1630 g/mol. The number of nitrogens with one attached hydrogen (secondary N) is 4. The van der Waals surface area contributed by atoms with Crippen molar-refractivity contribution in [1.82, 2.24) is 20.3 Å².